The lowest BCUT2D eigenvalue weighted by Gasteiger charge is -2.16. The molecule has 0 aliphatic heterocycles. The Kier molecular flexibility index (Phi) is 5.17. The summed E-state index contributed by atoms with van der Waals surface area (Å²) in [5, 5.41) is 4.01. The molecule has 1 N–H and O–H groups in total. The fourth-order valence-electron chi connectivity index (χ4n) is 1.36. The number of hydrogen-bond acceptors (Lipinski definition) is 2. The zero-order chi connectivity index (χ0) is 11.1. The van der Waals surface area contributed by atoms with Crippen LogP contribution >= 0.6 is 11.6 Å². The van der Waals surface area contributed by atoms with Crippen LogP contribution in [0, 0.1) is 12.3 Å². The van der Waals surface area contributed by atoms with Gasteiger partial charge < -0.3 is 5.32 Å². The van der Waals surface area contributed by atoms with Crippen molar-refractivity contribution < 1.29 is 0 Å². The van der Waals surface area contributed by atoms with Gasteiger partial charge in [-0.3, -0.25) is 4.98 Å². The molecule has 3 heteroatoms. The van der Waals surface area contributed by atoms with E-state index in [-0.39, 0.29) is 6.04 Å². The molecule has 0 fully saturated rings. The van der Waals surface area contributed by atoms with Crippen LogP contribution in [0.5, 0.6) is 0 Å². The van der Waals surface area contributed by atoms with E-state index in [1.165, 1.54) is 0 Å². The van der Waals surface area contributed by atoms with Crippen LogP contribution in [-0.4, -0.2) is 11.5 Å². The van der Waals surface area contributed by atoms with Crippen molar-refractivity contribution in [2.24, 2.45) is 0 Å². The van der Waals surface area contributed by atoms with Gasteiger partial charge in [0.05, 0.1) is 16.8 Å². The van der Waals surface area contributed by atoms with Gasteiger partial charge in [0, 0.05) is 12.6 Å². The first-order valence-corrected chi connectivity index (χ1v) is 5.44. The molecule has 0 saturated heterocycles. The summed E-state index contributed by atoms with van der Waals surface area (Å²) in [4.78, 5) is 4.26. The van der Waals surface area contributed by atoms with E-state index in [9.17, 15) is 0 Å². The third kappa shape index (κ3) is 3.54. The molecular weight excluding hydrogens is 208 g/mol. The number of terminal acetylenes is 1. The van der Waals surface area contributed by atoms with Gasteiger partial charge in [0.25, 0.3) is 0 Å². The van der Waals surface area contributed by atoms with Crippen molar-refractivity contribution in [3.63, 3.8) is 0 Å². The molecule has 1 heterocycles. The first-order chi connectivity index (χ1) is 7.29. The second kappa shape index (κ2) is 6.44. The fourth-order valence-corrected chi connectivity index (χ4v) is 1.61. The molecule has 1 unspecified atom stereocenters. The smallest absolute Gasteiger partial charge is 0.0768 e. The number of halogens is 1. The Labute approximate surface area is 96.1 Å². The number of nitrogens with one attached hydrogen (secondary N) is 1. The Morgan fingerprint density at radius 3 is 3.07 bits per heavy atom. The molecule has 1 aromatic heterocycles. The number of aromatic nitrogens is 1. The van der Waals surface area contributed by atoms with Crippen LogP contribution in [0.4, 0.5) is 0 Å². The van der Waals surface area contributed by atoms with E-state index in [4.69, 9.17) is 18.0 Å². The second-order valence-corrected chi connectivity index (χ2v) is 3.69. The van der Waals surface area contributed by atoms with Crippen LogP contribution in [0.2, 0.25) is 5.02 Å². The molecule has 0 saturated carbocycles. The predicted molar refractivity (Wildman–Crippen MR) is 63.7 cm³/mol. The van der Waals surface area contributed by atoms with Crippen molar-refractivity contribution in [1.82, 2.24) is 10.3 Å². The van der Waals surface area contributed by atoms with Crippen LogP contribution in [0.25, 0.3) is 0 Å². The Bertz CT molecular complexity index is 344. The lowest BCUT2D eigenvalue weighted by molar-refractivity contribution is 0.531. The molecule has 0 amide bonds. The molecule has 0 aliphatic carbocycles. The first-order valence-electron chi connectivity index (χ1n) is 5.06. The van der Waals surface area contributed by atoms with Crippen LogP contribution < -0.4 is 5.32 Å². The standard InChI is InChI=1S/C12H15ClN2/c1-3-6-11(14-8-4-2)12-10(13)7-5-9-15-12/h1,5,7,9,11,14H,4,6,8H2,2H3. The molecular formula is C12H15ClN2. The molecule has 0 spiro atoms. The summed E-state index contributed by atoms with van der Waals surface area (Å²) in [6.45, 7) is 3.03. The Morgan fingerprint density at radius 1 is 1.67 bits per heavy atom. The molecule has 80 valence electrons. The van der Waals surface area contributed by atoms with Crippen molar-refractivity contribution >= 4 is 11.6 Å². The molecule has 0 bridgehead atoms. The van der Waals surface area contributed by atoms with Gasteiger partial charge in [0.1, 0.15) is 0 Å². The Hall–Kier alpha value is -1.04. The van der Waals surface area contributed by atoms with Gasteiger partial charge in [-0.2, -0.15) is 0 Å². The van der Waals surface area contributed by atoms with Crippen molar-refractivity contribution in [2.45, 2.75) is 25.8 Å². The Morgan fingerprint density at radius 2 is 2.47 bits per heavy atom. The number of nitrogens with zero attached hydrogens (tertiary/aromatic N) is 1. The van der Waals surface area contributed by atoms with Gasteiger partial charge in [0.15, 0.2) is 0 Å². The maximum atomic E-state index is 6.06. The van der Waals surface area contributed by atoms with Gasteiger partial charge in [-0.25, -0.2) is 0 Å². The van der Waals surface area contributed by atoms with E-state index in [2.05, 4.69) is 23.1 Å². The van der Waals surface area contributed by atoms with Gasteiger partial charge in [-0.1, -0.05) is 18.5 Å². The van der Waals surface area contributed by atoms with Crippen LogP contribution in [0.1, 0.15) is 31.5 Å². The molecule has 15 heavy (non-hydrogen) atoms. The highest BCUT2D eigenvalue weighted by atomic mass is 35.5. The third-order valence-electron chi connectivity index (χ3n) is 2.08. The second-order valence-electron chi connectivity index (χ2n) is 3.29. The van der Waals surface area contributed by atoms with E-state index in [0.29, 0.717) is 11.4 Å². The van der Waals surface area contributed by atoms with Gasteiger partial charge >= 0.3 is 0 Å². The monoisotopic (exact) mass is 222 g/mol. The highest BCUT2D eigenvalue weighted by Gasteiger charge is 2.13. The largest absolute Gasteiger partial charge is 0.308 e. The minimum absolute atomic E-state index is 0.0589. The summed E-state index contributed by atoms with van der Waals surface area (Å²) in [5.41, 5.74) is 0.838. The van der Waals surface area contributed by atoms with Crippen LogP contribution in [0.15, 0.2) is 18.3 Å². The lowest BCUT2D eigenvalue weighted by atomic mass is 10.1. The van der Waals surface area contributed by atoms with E-state index >= 15 is 0 Å². The summed E-state index contributed by atoms with van der Waals surface area (Å²) in [7, 11) is 0. The van der Waals surface area contributed by atoms with Gasteiger partial charge in [-0.15, -0.1) is 12.3 Å². The third-order valence-corrected chi connectivity index (χ3v) is 2.40. The zero-order valence-corrected chi connectivity index (χ0v) is 9.59. The molecule has 2 nitrogen and oxygen atoms in total. The first kappa shape index (κ1) is 12.0. The highest BCUT2D eigenvalue weighted by molar-refractivity contribution is 6.31. The molecule has 1 rings (SSSR count). The maximum absolute atomic E-state index is 6.06. The van der Waals surface area contributed by atoms with Crippen molar-refractivity contribution in [3.8, 4) is 12.3 Å². The minimum atomic E-state index is 0.0589. The quantitative estimate of drug-likeness (QED) is 0.775. The Balaban J connectivity index is 2.79. The summed E-state index contributed by atoms with van der Waals surface area (Å²) >= 11 is 6.06. The van der Waals surface area contributed by atoms with Gasteiger partial charge in [-0.05, 0) is 25.1 Å². The van der Waals surface area contributed by atoms with E-state index in [0.717, 1.165) is 18.7 Å². The summed E-state index contributed by atoms with van der Waals surface area (Å²) in [6, 6.07) is 3.71. The van der Waals surface area contributed by atoms with Crippen LogP contribution in [-0.2, 0) is 0 Å². The summed E-state index contributed by atoms with van der Waals surface area (Å²) < 4.78 is 0. The predicted octanol–water partition coefficient (Wildman–Crippen LogP) is 2.80. The zero-order valence-electron chi connectivity index (χ0n) is 8.83. The SMILES string of the molecule is C#CCC(NCCC)c1ncccc1Cl. The number of hydrogen-bond donors (Lipinski definition) is 1. The molecule has 0 aromatic carbocycles. The van der Waals surface area contributed by atoms with E-state index < -0.39 is 0 Å². The lowest BCUT2D eigenvalue weighted by Crippen LogP contribution is -2.23. The van der Waals surface area contributed by atoms with E-state index in [1.807, 2.05) is 12.1 Å². The van der Waals surface area contributed by atoms with Crippen LogP contribution in [0.3, 0.4) is 0 Å². The van der Waals surface area contributed by atoms with Crippen molar-refractivity contribution in [2.75, 3.05) is 6.54 Å². The van der Waals surface area contributed by atoms with Crippen molar-refractivity contribution in [1.29, 1.82) is 0 Å². The van der Waals surface area contributed by atoms with Gasteiger partial charge in [0.2, 0.25) is 0 Å². The summed E-state index contributed by atoms with van der Waals surface area (Å²) in [6.07, 6.45) is 8.73. The summed E-state index contributed by atoms with van der Waals surface area (Å²) in [5.74, 6) is 2.64. The fraction of sp³-hybridized carbons (Fsp3) is 0.417. The average molecular weight is 223 g/mol. The molecule has 0 radical (unpaired) electrons. The normalized spacial score (nSPS) is 12.1. The number of pyridine rings is 1. The van der Waals surface area contributed by atoms with Crippen molar-refractivity contribution in [3.05, 3.63) is 29.0 Å². The molecule has 0 aliphatic rings. The maximum Gasteiger partial charge on any atom is 0.0768 e. The molecule has 1 atom stereocenters. The average Bonchev–Trinajstić information content (AvgIpc) is 2.25. The topological polar surface area (TPSA) is 24.9 Å². The highest BCUT2D eigenvalue weighted by Crippen LogP contribution is 2.22. The minimum Gasteiger partial charge on any atom is -0.308 e. The molecule has 1 aromatic rings. The van der Waals surface area contributed by atoms with E-state index in [1.54, 1.807) is 6.20 Å². The number of rotatable bonds is 5.